The van der Waals surface area contributed by atoms with Crippen molar-refractivity contribution in [2.45, 2.75) is 32.7 Å². The average Bonchev–Trinajstić information content (AvgIpc) is 2.43. The Balaban J connectivity index is 0.000001000. The van der Waals surface area contributed by atoms with Crippen molar-refractivity contribution >= 4 is 0 Å². The van der Waals surface area contributed by atoms with Crippen LogP contribution >= 0.6 is 0 Å². The second kappa shape index (κ2) is 5.97. The van der Waals surface area contributed by atoms with Crippen LogP contribution < -0.4 is 0 Å². The van der Waals surface area contributed by atoms with Crippen molar-refractivity contribution in [1.82, 2.24) is 4.90 Å². The van der Waals surface area contributed by atoms with Gasteiger partial charge in [0.25, 0.3) is 0 Å². The van der Waals surface area contributed by atoms with E-state index in [9.17, 15) is 0 Å². The van der Waals surface area contributed by atoms with Gasteiger partial charge in [-0.25, -0.2) is 0 Å². The van der Waals surface area contributed by atoms with E-state index in [0.29, 0.717) is 0 Å². The van der Waals surface area contributed by atoms with Crippen LogP contribution in [0.25, 0.3) is 0 Å². The first-order valence-corrected chi connectivity index (χ1v) is 4.27. The molecule has 0 unspecified atom stereocenters. The molecule has 11 heavy (non-hydrogen) atoms. The van der Waals surface area contributed by atoms with E-state index in [1.807, 2.05) is 0 Å². The van der Waals surface area contributed by atoms with E-state index in [1.54, 1.807) is 0 Å². The summed E-state index contributed by atoms with van der Waals surface area (Å²) in [6, 6.07) is 0.815. The van der Waals surface area contributed by atoms with E-state index in [0.717, 1.165) is 6.04 Å². The molecule has 0 radical (unpaired) electrons. The van der Waals surface area contributed by atoms with E-state index in [4.69, 9.17) is 0 Å². The van der Waals surface area contributed by atoms with Gasteiger partial charge in [0.15, 0.2) is 0 Å². The van der Waals surface area contributed by atoms with Crippen molar-refractivity contribution in [1.29, 1.82) is 0 Å². The summed E-state index contributed by atoms with van der Waals surface area (Å²) in [5.41, 5.74) is 0. The molecule has 0 aromatic heterocycles. The van der Waals surface area contributed by atoms with Gasteiger partial charge in [-0.15, -0.1) is 0 Å². The molecule has 0 saturated carbocycles. The van der Waals surface area contributed by atoms with Crippen LogP contribution in [0.1, 0.15) is 26.7 Å². The number of rotatable bonds is 3. The Morgan fingerprint density at radius 2 is 1.64 bits per heavy atom. The van der Waals surface area contributed by atoms with Crippen molar-refractivity contribution in [2.75, 3.05) is 13.1 Å². The zero-order chi connectivity index (χ0) is 7.40. The molecule has 68 valence electrons. The SMILES string of the molecule is CCN(CC)C1CC=CC1.[Pt]. The van der Waals surface area contributed by atoms with E-state index in [2.05, 4.69) is 30.9 Å². The number of hydrogen-bond donors (Lipinski definition) is 0. The predicted octanol–water partition coefficient (Wildman–Crippen LogP) is 2.04. The Morgan fingerprint density at radius 3 is 2.00 bits per heavy atom. The summed E-state index contributed by atoms with van der Waals surface area (Å²) < 4.78 is 0. The van der Waals surface area contributed by atoms with Gasteiger partial charge in [0.05, 0.1) is 0 Å². The first-order chi connectivity index (χ1) is 4.88. The monoisotopic (exact) mass is 334 g/mol. The van der Waals surface area contributed by atoms with E-state index < -0.39 is 0 Å². The first-order valence-electron chi connectivity index (χ1n) is 4.27. The maximum atomic E-state index is 2.53. The van der Waals surface area contributed by atoms with Gasteiger partial charge in [0, 0.05) is 27.1 Å². The van der Waals surface area contributed by atoms with Crippen molar-refractivity contribution in [3.63, 3.8) is 0 Å². The second-order valence-corrected chi connectivity index (χ2v) is 2.82. The Morgan fingerprint density at radius 1 is 1.18 bits per heavy atom. The van der Waals surface area contributed by atoms with E-state index in [-0.39, 0.29) is 21.1 Å². The normalized spacial score (nSPS) is 17.4. The minimum atomic E-state index is 0. The molecular formula is C9H17NPt. The van der Waals surface area contributed by atoms with Gasteiger partial charge in [-0.3, -0.25) is 0 Å². The Kier molecular flexibility index (Phi) is 6.18. The fourth-order valence-electron chi connectivity index (χ4n) is 1.64. The van der Waals surface area contributed by atoms with Gasteiger partial charge in [0.2, 0.25) is 0 Å². The van der Waals surface area contributed by atoms with Crippen LogP contribution in [0.4, 0.5) is 0 Å². The maximum absolute atomic E-state index is 2.53. The fourth-order valence-corrected chi connectivity index (χ4v) is 1.64. The molecule has 0 aromatic carbocycles. The molecule has 0 fully saturated rings. The topological polar surface area (TPSA) is 3.24 Å². The third-order valence-electron chi connectivity index (χ3n) is 2.31. The molecule has 2 heteroatoms. The molecule has 0 aromatic rings. The van der Waals surface area contributed by atoms with Gasteiger partial charge >= 0.3 is 0 Å². The van der Waals surface area contributed by atoms with E-state index >= 15 is 0 Å². The number of hydrogen-bond acceptors (Lipinski definition) is 1. The fraction of sp³-hybridized carbons (Fsp3) is 0.778. The quantitative estimate of drug-likeness (QED) is 0.714. The third kappa shape index (κ3) is 3.09. The second-order valence-electron chi connectivity index (χ2n) is 2.82. The summed E-state index contributed by atoms with van der Waals surface area (Å²) in [7, 11) is 0. The molecule has 0 aliphatic heterocycles. The van der Waals surface area contributed by atoms with Crippen LogP contribution in [-0.4, -0.2) is 24.0 Å². The molecule has 0 heterocycles. The minimum Gasteiger partial charge on any atom is -0.300 e. The van der Waals surface area contributed by atoms with Crippen LogP contribution in [0.2, 0.25) is 0 Å². The smallest absolute Gasteiger partial charge is 0.0164 e. The molecule has 1 nitrogen and oxygen atoms in total. The standard InChI is InChI=1S/C9H17N.Pt/c1-3-10(4-2)9-7-5-6-8-9;/h5-6,9H,3-4,7-8H2,1-2H3;. The Bertz CT molecular complexity index is 111. The Hall–Kier alpha value is 0.388. The van der Waals surface area contributed by atoms with Crippen LogP contribution in [0, 0.1) is 0 Å². The zero-order valence-corrected chi connectivity index (χ0v) is 9.60. The van der Waals surface area contributed by atoms with Crippen molar-refractivity contribution in [3.05, 3.63) is 12.2 Å². The molecule has 0 amide bonds. The summed E-state index contributed by atoms with van der Waals surface area (Å²) >= 11 is 0. The van der Waals surface area contributed by atoms with E-state index in [1.165, 1.54) is 25.9 Å². The largest absolute Gasteiger partial charge is 0.300 e. The molecule has 0 bridgehead atoms. The van der Waals surface area contributed by atoms with Crippen molar-refractivity contribution < 1.29 is 21.1 Å². The van der Waals surface area contributed by atoms with Crippen LogP contribution in [0.3, 0.4) is 0 Å². The third-order valence-corrected chi connectivity index (χ3v) is 2.31. The van der Waals surface area contributed by atoms with Gasteiger partial charge < -0.3 is 4.90 Å². The Labute approximate surface area is 84.1 Å². The van der Waals surface area contributed by atoms with Gasteiger partial charge in [-0.1, -0.05) is 26.0 Å². The molecule has 1 aliphatic carbocycles. The van der Waals surface area contributed by atoms with Crippen molar-refractivity contribution in [3.8, 4) is 0 Å². The van der Waals surface area contributed by atoms with Crippen molar-refractivity contribution in [2.24, 2.45) is 0 Å². The summed E-state index contributed by atoms with van der Waals surface area (Å²) in [5.74, 6) is 0. The molecule has 0 atom stereocenters. The van der Waals surface area contributed by atoms with Crippen LogP contribution in [-0.2, 0) is 21.1 Å². The molecule has 1 aliphatic rings. The molecule has 0 saturated heterocycles. The summed E-state index contributed by atoms with van der Waals surface area (Å²) in [6.07, 6.45) is 7.12. The zero-order valence-electron chi connectivity index (χ0n) is 7.32. The minimum absolute atomic E-state index is 0. The number of nitrogens with zero attached hydrogens (tertiary/aromatic N) is 1. The van der Waals surface area contributed by atoms with Crippen LogP contribution in [0.5, 0.6) is 0 Å². The molecular weight excluding hydrogens is 317 g/mol. The maximum Gasteiger partial charge on any atom is 0.0164 e. The summed E-state index contributed by atoms with van der Waals surface area (Å²) in [6.45, 7) is 6.87. The predicted molar refractivity (Wildman–Crippen MR) is 45.1 cm³/mol. The average molecular weight is 334 g/mol. The summed E-state index contributed by atoms with van der Waals surface area (Å²) in [5, 5.41) is 0. The van der Waals surface area contributed by atoms with Crippen LogP contribution in [0.15, 0.2) is 12.2 Å². The summed E-state index contributed by atoms with van der Waals surface area (Å²) in [4.78, 5) is 2.53. The van der Waals surface area contributed by atoms with Gasteiger partial charge in [-0.05, 0) is 25.9 Å². The van der Waals surface area contributed by atoms with Gasteiger partial charge in [0.1, 0.15) is 0 Å². The molecule has 1 rings (SSSR count). The first kappa shape index (κ1) is 11.4. The molecule has 0 N–H and O–H groups in total. The van der Waals surface area contributed by atoms with Gasteiger partial charge in [-0.2, -0.15) is 0 Å². The molecule has 0 spiro atoms.